The van der Waals surface area contributed by atoms with Crippen LogP contribution in [-0.4, -0.2) is 73.1 Å². The molecule has 0 amide bonds. The quantitative estimate of drug-likeness (QED) is 0.154. The Hall–Kier alpha value is -0.643. The number of ether oxygens (including phenoxy) is 4. The second-order valence-electron chi connectivity index (χ2n) is 4.84. The van der Waals surface area contributed by atoms with Crippen molar-refractivity contribution in [2.75, 3.05) is 46.2 Å². The Bertz CT molecular complexity index is 311. The van der Waals surface area contributed by atoms with Gasteiger partial charge >= 0.3 is 0 Å². The normalized spacial score (nSPS) is 22.5. The van der Waals surface area contributed by atoms with Gasteiger partial charge in [-0.2, -0.15) is 0 Å². The van der Waals surface area contributed by atoms with Crippen molar-refractivity contribution in [1.29, 1.82) is 0 Å². The lowest BCUT2D eigenvalue weighted by Crippen LogP contribution is -2.29. The molecule has 0 bridgehead atoms. The zero-order valence-corrected chi connectivity index (χ0v) is 14.3. The molecule has 2 rings (SSSR count). The zero-order valence-electron chi connectivity index (χ0n) is 13.3. The molecule has 2 radical (unpaired) electrons. The molecule has 0 aromatic carbocycles. The largest absolute Gasteiger partial charge is 0.466 e. The molecule has 0 saturated carbocycles. The third-order valence-electron chi connectivity index (χ3n) is 2.85. The van der Waals surface area contributed by atoms with Gasteiger partial charge in [0.1, 0.15) is 12.2 Å². The Morgan fingerprint density at radius 1 is 1.09 bits per heavy atom. The van der Waals surface area contributed by atoms with Gasteiger partial charge in [-0.05, 0) is 25.6 Å². The van der Waals surface area contributed by atoms with Crippen LogP contribution in [0.15, 0.2) is 11.6 Å². The van der Waals surface area contributed by atoms with Crippen LogP contribution in [-0.2, 0) is 28.6 Å². The molecular formula is C14H25NO6Si. The second-order valence-corrected chi connectivity index (χ2v) is 6.04. The summed E-state index contributed by atoms with van der Waals surface area (Å²) >= 11 is 0. The van der Waals surface area contributed by atoms with E-state index in [9.17, 15) is 0 Å². The lowest BCUT2D eigenvalue weighted by atomic mass is 10.5. The van der Waals surface area contributed by atoms with Crippen LogP contribution in [0.25, 0.3) is 0 Å². The van der Waals surface area contributed by atoms with Gasteiger partial charge in [0.25, 0.3) is 5.95 Å². The fourth-order valence-corrected chi connectivity index (χ4v) is 2.34. The van der Waals surface area contributed by atoms with Crippen LogP contribution in [0.1, 0.15) is 13.8 Å². The number of hydrogen-bond acceptors (Lipinski definition) is 7. The average molecular weight is 331 g/mol. The number of epoxide rings is 2. The van der Waals surface area contributed by atoms with E-state index in [-0.39, 0.29) is 12.2 Å². The van der Waals surface area contributed by atoms with E-state index < -0.39 is 0 Å². The molecule has 0 aromatic heterocycles. The van der Waals surface area contributed by atoms with Gasteiger partial charge in [0.05, 0.1) is 49.2 Å². The summed E-state index contributed by atoms with van der Waals surface area (Å²) in [7, 11) is 0.578. The first-order chi connectivity index (χ1) is 10.8. The molecule has 0 aromatic rings. The van der Waals surface area contributed by atoms with Crippen LogP contribution in [0.5, 0.6) is 0 Å². The molecule has 0 aliphatic carbocycles. The summed E-state index contributed by atoms with van der Waals surface area (Å²) in [6.45, 7) is 8.40. The molecule has 22 heavy (non-hydrogen) atoms. The molecule has 7 nitrogen and oxygen atoms in total. The van der Waals surface area contributed by atoms with Crippen LogP contribution in [0.3, 0.4) is 0 Å². The maximum atomic E-state index is 5.60. The maximum Gasteiger partial charge on any atom is 0.270 e. The first-order valence-electron chi connectivity index (χ1n) is 7.77. The van der Waals surface area contributed by atoms with Crippen molar-refractivity contribution in [3.63, 3.8) is 0 Å². The minimum absolute atomic E-state index is 0.216. The highest BCUT2D eigenvalue weighted by molar-refractivity contribution is 6.42. The van der Waals surface area contributed by atoms with E-state index >= 15 is 0 Å². The Morgan fingerprint density at radius 3 is 2.09 bits per heavy atom. The van der Waals surface area contributed by atoms with Gasteiger partial charge in [0.15, 0.2) is 0 Å². The fraction of sp³-hybridized carbons (Fsp3) is 0.857. The van der Waals surface area contributed by atoms with Gasteiger partial charge in [0, 0.05) is 6.54 Å². The monoisotopic (exact) mass is 331 g/mol. The summed E-state index contributed by atoms with van der Waals surface area (Å²) in [5.74, 6) is 0.606. The van der Waals surface area contributed by atoms with Crippen molar-refractivity contribution in [3.8, 4) is 0 Å². The molecule has 2 atom stereocenters. The summed E-state index contributed by atoms with van der Waals surface area (Å²) in [5, 5.41) is 1.55. The van der Waals surface area contributed by atoms with Gasteiger partial charge in [-0.1, -0.05) is 5.23 Å². The van der Waals surface area contributed by atoms with Crippen molar-refractivity contribution in [1.82, 2.24) is 5.23 Å². The van der Waals surface area contributed by atoms with Crippen molar-refractivity contribution in [2.24, 2.45) is 0 Å². The smallest absolute Gasteiger partial charge is 0.270 e. The third-order valence-corrected chi connectivity index (χ3v) is 3.80. The van der Waals surface area contributed by atoms with E-state index in [1.165, 1.54) is 0 Å². The first-order valence-corrected chi connectivity index (χ1v) is 9.06. The molecule has 2 fully saturated rings. The first kappa shape index (κ1) is 17.7. The molecule has 2 saturated heterocycles. The van der Waals surface area contributed by atoms with Crippen LogP contribution in [0, 0.1) is 0 Å². The maximum absolute atomic E-state index is 5.60. The average Bonchev–Trinajstić information content (AvgIpc) is 3.39. The fourth-order valence-electron chi connectivity index (χ4n) is 1.55. The van der Waals surface area contributed by atoms with Crippen LogP contribution >= 0.6 is 0 Å². The summed E-state index contributed by atoms with van der Waals surface area (Å²) in [5.41, 5.74) is 1.99. The summed E-state index contributed by atoms with van der Waals surface area (Å²) in [6, 6.07) is 0.903. The van der Waals surface area contributed by atoms with Crippen molar-refractivity contribution in [3.05, 3.63) is 11.6 Å². The van der Waals surface area contributed by atoms with E-state index in [4.69, 9.17) is 28.6 Å². The van der Waals surface area contributed by atoms with Gasteiger partial charge in [-0.25, -0.2) is 0 Å². The van der Waals surface area contributed by atoms with Gasteiger partial charge in [0.2, 0.25) is 0 Å². The van der Waals surface area contributed by atoms with Gasteiger partial charge < -0.3 is 18.9 Å². The minimum Gasteiger partial charge on any atom is -0.466 e. The zero-order chi connectivity index (χ0) is 15.6. The Balaban J connectivity index is 1.62. The minimum atomic E-state index is 0.216. The molecule has 8 heteroatoms. The number of nitrogens with zero attached hydrogens (tertiary/aromatic N) is 1. The predicted octanol–water partition coefficient (Wildman–Crippen LogP) is 0.944. The molecule has 126 valence electrons. The molecule has 2 heterocycles. The van der Waals surface area contributed by atoms with Crippen molar-refractivity contribution in [2.45, 2.75) is 32.1 Å². The van der Waals surface area contributed by atoms with Gasteiger partial charge in [-0.3, -0.25) is 9.68 Å². The second kappa shape index (κ2) is 10.2. The topological polar surface area (TPSA) is 65.2 Å². The molecule has 2 unspecified atom stereocenters. The lowest BCUT2D eigenvalue weighted by molar-refractivity contribution is -0.367. The van der Waals surface area contributed by atoms with E-state index in [0.717, 1.165) is 19.3 Å². The molecule has 2 aliphatic heterocycles. The highest BCUT2D eigenvalue weighted by Gasteiger charge is 2.26. The Morgan fingerprint density at radius 2 is 1.64 bits per heavy atom. The highest BCUT2D eigenvalue weighted by atomic mass is 28.2. The number of hydroxylamine groups is 2. The van der Waals surface area contributed by atoms with Crippen molar-refractivity contribution >= 4 is 9.52 Å². The lowest BCUT2D eigenvalue weighted by Gasteiger charge is -2.19. The van der Waals surface area contributed by atoms with E-state index in [1.54, 1.807) is 5.23 Å². The number of rotatable bonds is 14. The standard InChI is InChI=1S/C14H25NO6Si/c1-3-16-14(17-4-2)11-22-6-5-15(20-9-12-7-18-12)21-10-13-8-19-13/h11-13H,3-10H2,1-2H3. The Kier molecular flexibility index (Phi) is 8.20. The Labute approximate surface area is 134 Å². The SMILES string of the molecule is CCOC(=C[Si]CCN(OCC1CO1)OCC1CO1)OCC. The van der Waals surface area contributed by atoms with Crippen LogP contribution < -0.4 is 0 Å². The molecular weight excluding hydrogens is 306 g/mol. The summed E-state index contributed by atoms with van der Waals surface area (Å²) in [6.07, 6.45) is 0.432. The molecule has 2 aliphatic rings. The van der Waals surface area contributed by atoms with Gasteiger partial charge in [-0.15, -0.1) is 0 Å². The summed E-state index contributed by atoms with van der Waals surface area (Å²) in [4.78, 5) is 11.2. The van der Waals surface area contributed by atoms with Crippen molar-refractivity contribution < 1.29 is 28.6 Å². The van der Waals surface area contributed by atoms with E-state index in [2.05, 4.69) is 0 Å². The molecule has 0 N–H and O–H groups in total. The summed E-state index contributed by atoms with van der Waals surface area (Å²) < 4.78 is 21.1. The van der Waals surface area contributed by atoms with Crippen LogP contribution in [0.2, 0.25) is 6.04 Å². The molecule has 0 spiro atoms. The van der Waals surface area contributed by atoms with Crippen LogP contribution in [0.4, 0.5) is 0 Å². The van der Waals surface area contributed by atoms with E-state index in [0.29, 0.717) is 48.4 Å². The predicted molar refractivity (Wildman–Crippen MR) is 80.0 cm³/mol. The highest BCUT2D eigenvalue weighted by Crippen LogP contribution is 2.13. The third kappa shape index (κ3) is 8.11. The number of hydrogen-bond donors (Lipinski definition) is 0. The van der Waals surface area contributed by atoms with E-state index in [1.807, 2.05) is 19.5 Å².